The first-order valence-electron chi connectivity index (χ1n) is 10.8. The Morgan fingerprint density at radius 2 is 1.77 bits per heavy atom. The van der Waals surface area contributed by atoms with Crippen LogP contribution in [-0.4, -0.2) is 32.7 Å². The molecule has 0 unspecified atom stereocenters. The summed E-state index contributed by atoms with van der Waals surface area (Å²) in [7, 11) is 1.58. The number of nitrogens with zero attached hydrogens (tertiary/aromatic N) is 5. The molecule has 0 aliphatic carbocycles. The van der Waals surface area contributed by atoms with E-state index in [0.717, 1.165) is 11.1 Å². The Hall–Kier alpha value is -4.24. The summed E-state index contributed by atoms with van der Waals surface area (Å²) in [6, 6.07) is 19.9. The SMILES string of the molecule is COc1ccc([C@H]2C[C@@H](c3ccccc3Cl)n3ncnc3N2C(=O)c2ccccc2[N+](=O)[O-])cc1. The quantitative estimate of drug-likeness (QED) is 0.281. The number of nitro benzene ring substituents is 1. The van der Waals surface area contributed by atoms with Crippen LogP contribution in [0.4, 0.5) is 11.6 Å². The van der Waals surface area contributed by atoms with Crippen molar-refractivity contribution in [3.8, 4) is 5.75 Å². The maximum absolute atomic E-state index is 13.9. The normalized spacial score (nSPS) is 17.0. The molecule has 5 rings (SSSR count). The van der Waals surface area contributed by atoms with Crippen molar-refractivity contribution in [2.75, 3.05) is 12.0 Å². The molecule has 3 aromatic carbocycles. The zero-order valence-electron chi connectivity index (χ0n) is 18.6. The van der Waals surface area contributed by atoms with Gasteiger partial charge >= 0.3 is 0 Å². The molecule has 10 heteroatoms. The van der Waals surface area contributed by atoms with Gasteiger partial charge in [-0.05, 0) is 41.8 Å². The van der Waals surface area contributed by atoms with Crippen LogP contribution in [0.3, 0.4) is 0 Å². The number of fused-ring (bicyclic) bond motifs is 1. The number of aromatic nitrogens is 3. The maximum Gasteiger partial charge on any atom is 0.282 e. The Kier molecular flexibility index (Phi) is 5.92. The number of hydrogen-bond donors (Lipinski definition) is 0. The zero-order chi connectivity index (χ0) is 24.5. The molecule has 4 aromatic rings. The first kappa shape index (κ1) is 22.5. The predicted molar refractivity (Wildman–Crippen MR) is 130 cm³/mol. The van der Waals surface area contributed by atoms with E-state index in [9.17, 15) is 14.9 Å². The summed E-state index contributed by atoms with van der Waals surface area (Å²) in [6.45, 7) is 0. The van der Waals surface area contributed by atoms with E-state index in [2.05, 4.69) is 10.1 Å². The fraction of sp³-hybridized carbons (Fsp3) is 0.160. The number of rotatable bonds is 5. The van der Waals surface area contributed by atoms with Crippen molar-refractivity contribution in [2.24, 2.45) is 0 Å². The second-order valence-corrected chi connectivity index (χ2v) is 8.42. The number of nitro groups is 1. The van der Waals surface area contributed by atoms with Crippen LogP contribution in [0.2, 0.25) is 5.02 Å². The van der Waals surface area contributed by atoms with Gasteiger partial charge in [-0.2, -0.15) is 10.1 Å². The minimum Gasteiger partial charge on any atom is -0.497 e. The number of para-hydroxylation sites is 1. The fourth-order valence-electron chi connectivity index (χ4n) is 4.48. The van der Waals surface area contributed by atoms with Gasteiger partial charge in [0.1, 0.15) is 17.6 Å². The van der Waals surface area contributed by atoms with Crippen LogP contribution in [0.1, 0.15) is 40.0 Å². The van der Waals surface area contributed by atoms with Crippen molar-refractivity contribution < 1.29 is 14.5 Å². The van der Waals surface area contributed by atoms with Crippen LogP contribution in [0.25, 0.3) is 0 Å². The van der Waals surface area contributed by atoms with E-state index in [1.54, 1.807) is 23.9 Å². The zero-order valence-corrected chi connectivity index (χ0v) is 19.4. The van der Waals surface area contributed by atoms with E-state index in [-0.39, 0.29) is 23.2 Å². The lowest BCUT2D eigenvalue weighted by Crippen LogP contribution is -2.43. The molecule has 0 radical (unpaired) electrons. The van der Waals surface area contributed by atoms with Crippen LogP contribution in [0.15, 0.2) is 79.1 Å². The van der Waals surface area contributed by atoms with E-state index in [4.69, 9.17) is 16.3 Å². The Labute approximate surface area is 205 Å². The summed E-state index contributed by atoms with van der Waals surface area (Å²) >= 11 is 6.54. The molecular formula is C25H20ClN5O4. The maximum atomic E-state index is 13.9. The van der Waals surface area contributed by atoms with E-state index in [0.29, 0.717) is 17.2 Å². The molecular weight excluding hydrogens is 470 g/mol. The van der Waals surface area contributed by atoms with Crippen molar-refractivity contribution >= 4 is 29.1 Å². The lowest BCUT2D eigenvalue weighted by molar-refractivity contribution is -0.385. The predicted octanol–water partition coefficient (Wildman–Crippen LogP) is 5.23. The highest BCUT2D eigenvalue weighted by Crippen LogP contribution is 2.44. The topological polar surface area (TPSA) is 103 Å². The average Bonchev–Trinajstić information content (AvgIpc) is 3.38. The summed E-state index contributed by atoms with van der Waals surface area (Å²) in [6.07, 6.45) is 1.80. The summed E-state index contributed by atoms with van der Waals surface area (Å²) < 4.78 is 6.94. The summed E-state index contributed by atoms with van der Waals surface area (Å²) in [5, 5.41) is 16.6. The van der Waals surface area contributed by atoms with Gasteiger partial charge in [0.25, 0.3) is 11.6 Å². The standard InChI is InChI=1S/C25H20ClN5O4/c1-35-17-12-10-16(11-13-17)22-14-23(18-6-2-4-8-20(18)26)30-25(27-15-28-30)29(22)24(32)19-7-3-5-9-21(19)31(33)34/h2-13,15,22-23H,14H2,1H3/t22-,23+/m1/s1. The Morgan fingerprint density at radius 3 is 2.49 bits per heavy atom. The number of anilines is 1. The molecule has 0 saturated carbocycles. The number of benzene rings is 3. The first-order chi connectivity index (χ1) is 17.0. The largest absolute Gasteiger partial charge is 0.497 e. The molecule has 1 aromatic heterocycles. The molecule has 35 heavy (non-hydrogen) atoms. The Morgan fingerprint density at radius 1 is 1.06 bits per heavy atom. The van der Waals surface area contributed by atoms with Crippen LogP contribution >= 0.6 is 11.6 Å². The number of halogens is 1. The first-order valence-corrected chi connectivity index (χ1v) is 11.2. The van der Waals surface area contributed by atoms with E-state index < -0.39 is 16.9 Å². The van der Waals surface area contributed by atoms with Gasteiger partial charge in [-0.15, -0.1) is 0 Å². The van der Waals surface area contributed by atoms with Crippen molar-refractivity contribution in [3.05, 3.63) is 111 Å². The molecule has 1 aliphatic rings. The molecule has 0 saturated heterocycles. The summed E-state index contributed by atoms with van der Waals surface area (Å²) in [4.78, 5) is 30.9. The molecule has 9 nitrogen and oxygen atoms in total. The van der Waals surface area contributed by atoms with Gasteiger partial charge < -0.3 is 4.74 Å². The molecule has 1 aliphatic heterocycles. The van der Waals surface area contributed by atoms with Gasteiger partial charge in [0.05, 0.1) is 24.1 Å². The third-order valence-electron chi connectivity index (χ3n) is 6.14. The highest BCUT2D eigenvalue weighted by Gasteiger charge is 2.41. The third-order valence-corrected chi connectivity index (χ3v) is 6.48. The second-order valence-electron chi connectivity index (χ2n) is 8.02. The molecule has 0 N–H and O–H groups in total. The summed E-state index contributed by atoms with van der Waals surface area (Å²) in [5.74, 6) is 0.419. The third kappa shape index (κ3) is 4.00. The van der Waals surface area contributed by atoms with Crippen LogP contribution in [0, 0.1) is 10.1 Å². The number of ether oxygens (including phenoxy) is 1. The van der Waals surface area contributed by atoms with Crippen molar-refractivity contribution in [1.82, 2.24) is 14.8 Å². The molecule has 1 amide bonds. The van der Waals surface area contributed by atoms with E-state index >= 15 is 0 Å². The van der Waals surface area contributed by atoms with E-state index in [1.165, 1.54) is 29.4 Å². The molecule has 0 fully saturated rings. The Bertz CT molecular complexity index is 1410. The Balaban J connectivity index is 1.68. The number of amides is 1. The monoisotopic (exact) mass is 489 g/mol. The van der Waals surface area contributed by atoms with Gasteiger partial charge in [-0.25, -0.2) is 4.68 Å². The number of methoxy groups -OCH3 is 1. The fourth-order valence-corrected chi connectivity index (χ4v) is 4.75. The lowest BCUT2D eigenvalue weighted by atomic mass is 9.91. The van der Waals surface area contributed by atoms with Crippen molar-refractivity contribution in [3.63, 3.8) is 0 Å². The van der Waals surface area contributed by atoms with Gasteiger partial charge in [-0.3, -0.25) is 19.8 Å². The van der Waals surface area contributed by atoms with Gasteiger partial charge in [-0.1, -0.05) is 54.1 Å². The smallest absolute Gasteiger partial charge is 0.282 e. The van der Waals surface area contributed by atoms with E-state index in [1.807, 2.05) is 42.5 Å². The number of carbonyl (C=O) groups is 1. The molecule has 0 spiro atoms. The molecule has 176 valence electrons. The summed E-state index contributed by atoms with van der Waals surface area (Å²) in [5.41, 5.74) is 1.37. The highest BCUT2D eigenvalue weighted by atomic mass is 35.5. The van der Waals surface area contributed by atoms with Gasteiger partial charge in [0.2, 0.25) is 5.95 Å². The number of carbonyl (C=O) groups excluding carboxylic acids is 1. The molecule has 2 heterocycles. The van der Waals surface area contributed by atoms with Gasteiger partial charge in [0.15, 0.2) is 0 Å². The lowest BCUT2D eigenvalue weighted by Gasteiger charge is -2.39. The molecule has 2 atom stereocenters. The second kappa shape index (κ2) is 9.19. The van der Waals surface area contributed by atoms with Crippen molar-refractivity contribution in [2.45, 2.75) is 18.5 Å². The van der Waals surface area contributed by atoms with Crippen LogP contribution in [-0.2, 0) is 0 Å². The minimum atomic E-state index is -0.559. The van der Waals surface area contributed by atoms with Crippen molar-refractivity contribution in [1.29, 1.82) is 0 Å². The van der Waals surface area contributed by atoms with Gasteiger partial charge in [0, 0.05) is 11.1 Å². The number of hydrogen-bond acceptors (Lipinski definition) is 6. The minimum absolute atomic E-state index is 0.0262. The molecule has 0 bridgehead atoms. The average molecular weight is 490 g/mol. The highest BCUT2D eigenvalue weighted by molar-refractivity contribution is 6.31. The van der Waals surface area contributed by atoms with Crippen LogP contribution < -0.4 is 9.64 Å². The van der Waals surface area contributed by atoms with Crippen LogP contribution in [0.5, 0.6) is 5.75 Å².